The van der Waals surface area contributed by atoms with Gasteiger partial charge in [0.15, 0.2) is 0 Å². The van der Waals surface area contributed by atoms with Gasteiger partial charge in [-0.1, -0.05) is 34.7 Å². The predicted molar refractivity (Wildman–Crippen MR) is 73.8 cm³/mol. The van der Waals surface area contributed by atoms with Crippen LogP contribution in [-0.2, 0) is 9.59 Å². The van der Waals surface area contributed by atoms with E-state index in [9.17, 15) is 22.8 Å². The zero-order valence-corrected chi connectivity index (χ0v) is 12.2. The van der Waals surface area contributed by atoms with E-state index >= 15 is 0 Å². The van der Waals surface area contributed by atoms with Gasteiger partial charge in [-0.3, -0.25) is 9.59 Å². The summed E-state index contributed by atoms with van der Waals surface area (Å²) in [5.41, 5.74) is -3.11. The van der Waals surface area contributed by atoms with Crippen molar-refractivity contribution in [3.8, 4) is 0 Å². The molecule has 8 heteroatoms. The van der Waals surface area contributed by atoms with Crippen LogP contribution in [0.25, 0.3) is 0 Å². The highest BCUT2D eigenvalue weighted by Crippen LogP contribution is 2.40. The molecule has 0 aliphatic carbocycles. The third-order valence-corrected chi connectivity index (χ3v) is 3.42. The average Bonchev–Trinajstić information content (AvgIpc) is 2.33. The molecule has 2 amide bonds. The molecule has 0 saturated heterocycles. The fourth-order valence-electron chi connectivity index (χ4n) is 1.19. The first-order chi connectivity index (χ1) is 8.77. The zero-order valence-electron chi connectivity index (χ0n) is 10.0. The lowest BCUT2D eigenvalue weighted by molar-refractivity contribution is -0.213. The minimum absolute atomic E-state index is 0.151. The van der Waals surface area contributed by atoms with Crippen LogP contribution < -0.4 is 10.6 Å². The molecule has 0 unspecified atom stereocenters. The second-order valence-corrected chi connectivity index (χ2v) is 4.30. The third-order valence-electron chi connectivity index (χ3n) is 2.27. The Hall–Kier alpha value is -1.06. The maximum absolute atomic E-state index is 13.2. The highest BCUT2D eigenvalue weighted by Gasteiger charge is 2.64. The molecule has 0 rings (SSSR count). The minimum atomic E-state index is -5.00. The fraction of sp³-hybridized carbons (Fsp3) is 0.455. The maximum atomic E-state index is 13.2. The molecule has 0 atom stereocenters. The Morgan fingerprint density at radius 1 is 1.05 bits per heavy atom. The SMILES string of the molecule is C=CCNC(=O)C(CI)(C(=O)NCC=C)C(F)(F)F. The summed E-state index contributed by atoms with van der Waals surface area (Å²) in [6.07, 6.45) is -2.54. The Morgan fingerprint density at radius 3 is 1.63 bits per heavy atom. The average molecular weight is 390 g/mol. The van der Waals surface area contributed by atoms with Crippen LogP contribution in [0, 0.1) is 5.41 Å². The van der Waals surface area contributed by atoms with Crippen molar-refractivity contribution in [1.29, 1.82) is 0 Å². The smallest absolute Gasteiger partial charge is 0.351 e. The number of amides is 2. The molecular weight excluding hydrogens is 376 g/mol. The minimum Gasteiger partial charge on any atom is -0.351 e. The van der Waals surface area contributed by atoms with Crippen LogP contribution in [0.3, 0.4) is 0 Å². The second-order valence-electron chi connectivity index (χ2n) is 3.53. The molecular formula is C11H14F3IN2O2. The van der Waals surface area contributed by atoms with E-state index in [0.717, 1.165) is 0 Å². The lowest BCUT2D eigenvalue weighted by Crippen LogP contribution is -2.60. The van der Waals surface area contributed by atoms with Crippen LogP contribution in [0.1, 0.15) is 0 Å². The number of nitrogens with one attached hydrogen (secondary N) is 2. The van der Waals surface area contributed by atoms with Gasteiger partial charge in [-0.15, -0.1) is 13.2 Å². The topological polar surface area (TPSA) is 58.2 Å². The van der Waals surface area contributed by atoms with Gasteiger partial charge < -0.3 is 10.6 Å². The molecule has 0 radical (unpaired) electrons. The Balaban J connectivity index is 5.43. The quantitative estimate of drug-likeness (QED) is 0.300. The number of alkyl halides is 4. The molecule has 0 aliphatic rings. The van der Waals surface area contributed by atoms with Crippen LogP contribution in [-0.4, -0.2) is 35.5 Å². The van der Waals surface area contributed by atoms with Gasteiger partial charge in [0.05, 0.1) is 0 Å². The van der Waals surface area contributed by atoms with Crippen LogP contribution in [0.4, 0.5) is 13.2 Å². The summed E-state index contributed by atoms with van der Waals surface area (Å²) < 4.78 is 38.7. The summed E-state index contributed by atoms with van der Waals surface area (Å²) in [6, 6.07) is 0. The maximum Gasteiger partial charge on any atom is 0.412 e. The summed E-state index contributed by atoms with van der Waals surface area (Å²) in [5.74, 6) is -2.79. The first-order valence-electron chi connectivity index (χ1n) is 5.19. The predicted octanol–water partition coefficient (Wildman–Crippen LogP) is 1.57. The van der Waals surface area contributed by atoms with E-state index in [2.05, 4.69) is 13.2 Å². The van der Waals surface area contributed by atoms with E-state index in [1.54, 1.807) is 0 Å². The van der Waals surface area contributed by atoms with Gasteiger partial charge in [-0.2, -0.15) is 13.2 Å². The lowest BCUT2D eigenvalue weighted by Gasteiger charge is -2.31. The van der Waals surface area contributed by atoms with E-state index in [1.807, 2.05) is 10.6 Å². The van der Waals surface area contributed by atoms with Crippen molar-refractivity contribution < 1.29 is 22.8 Å². The Morgan fingerprint density at radius 2 is 1.42 bits per heavy atom. The zero-order chi connectivity index (χ0) is 15.1. The molecule has 2 N–H and O–H groups in total. The molecule has 0 bridgehead atoms. The number of hydrogen-bond donors (Lipinski definition) is 2. The summed E-state index contributed by atoms with van der Waals surface area (Å²) in [5, 5.41) is 4.04. The highest BCUT2D eigenvalue weighted by atomic mass is 127. The monoisotopic (exact) mass is 390 g/mol. The van der Waals surface area contributed by atoms with Crippen LogP contribution in [0.5, 0.6) is 0 Å². The van der Waals surface area contributed by atoms with Crippen molar-refractivity contribution in [3.05, 3.63) is 25.3 Å². The number of carbonyl (C=O) groups excluding carboxylic acids is 2. The van der Waals surface area contributed by atoms with Crippen molar-refractivity contribution in [2.45, 2.75) is 6.18 Å². The molecule has 0 aromatic heterocycles. The molecule has 19 heavy (non-hydrogen) atoms. The van der Waals surface area contributed by atoms with E-state index < -0.39 is 27.8 Å². The standard InChI is InChI=1S/C11H14F3IN2O2/c1-3-5-16-8(18)10(7-15,11(12,13)14)9(19)17-6-4-2/h3-4H,1-2,5-7H2,(H,16,18)(H,17,19). The van der Waals surface area contributed by atoms with Crippen molar-refractivity contribution in [2.24, 2.45) is 5.41 Å². The molecule has 0 aromatic carbocycles. The number of halogens is 4. The van der Waals surface area contributed by atoms with Crippen molar-refractivity contribution in [1.82, 2.24) is 10.6 Å². The van der Waals surface area contributed by atoms with E-state index in [1.165, 1.54) is 34.7 Å². The Labute approximate surface area is 122 Å². The van der Waals surface area contributed by atoms with Gasteiger partial charge in [0.1, 0.15) is 0 Å². The largest absolute Gasteiger partial charge is 0.412 e. The molecule has 0 aliphatic heterocycles. The normalized spacial score (nSPS) is 11.6. The molecule has 0 aromatic rings. The summed E-state index contributed by atoms with van der Waals surface area (Å²) in [7, 11) is 0. The lowest BCUT2D eigenvalue weighted by atomic mass is 9.87. The van der Waals surface area contributed by atoms with Crippen molar-refractivity contribution in [2.75, 3.05) is 17.5 Å². The third kappa shape index (κ3) is 3.95. The molecule has 0 saturated carbocycles. The van der Waals surface area contributed by atoms with E-state index in [-0.39, 0.29) is 13.1 Å². The highest BCUT2D eigenvalue weighted by molar-refractivity contribution is 14.1. The first kappa shape index (κ1) is 17.9. The number of carbonyl (C=O) groups is 2. The van der Waals surface area contributed by atoms with Gasteiger partial charge in [0.25, 0.3) is 0 Å². The fourth-order valence-corrected chi connectivity index (χ4v) is 2.31. The Kier molecular flexibility index (Phi) is 7.09. The van der Waals surface area contributed by atoms with E-state index in [0.29, 0.717) is 0 Å². The second kappa shape index (κ2) is 7.51. The van der Waals surface area contributed by atoms with Crippen molar-refractivity contribution in [3.63, 3.8) is 0 Å². The number of rotatable bonds is 7. The van der Waals surface area contributed by atoms with Gasteiger partial charge in [-0.05, 0) is 0 Å². The molecule has 0 spiro atoms. The van der Waals surface area contributed by atoms with Gasteiger partial charge in [-0.25, -0.2) is 0 Å². The number of hydrogen-bond acceptors (Lipinski definition) is 2. The molecule has 4 nitrogen and oxygen atoms in total. The Bertz CT molecular complexity index is 345. The van der Waals surface area contributed by atoms with Crippen LogP contribution in [0.2, 0.25) is 0 Å². The summed E-state index contributed by atoms with van der Waals surface area (Å²) >= 11 is 1.37. The molecule has 0 heterocycles. The van der Waals surface area contributed by atoms with Crippen molar-refractivity contribution >= 4 is 34.4 Å². The first-order valence-corrected chi connectivity index (χ1v) is 6.71. The van der Waals surface area contributed by atoms with Crippen LogP contribution >= 0.6 is 22.6 Å². The van der Waals surface area contributed by atoms with Crippen LogP contribution in [0.15, 0.2) is 25.3 Å². The summed E-state index contributed by atoms with van der Waals surface area (Å²) in [4.78, 5) is 23.5. The summed E-state index contributed by atoms with van der Waals surface area (Å²) in [6.45, 7) is 6.27. The van der Waals surface area contributed by atoms with Gasteiger partial charge >= 0.3 is 6.18 Å². The van der Waals surface area contributed by atoms with Gasteiger partial charge in [0.2, 0.25) is 17.2 Å². The van der Waals surface area contributed by atoms with E-state index in [4.69, 9.17) is 0 Å². The molecule has 108 valence electrons. The molecule has 0 fully saturated rings. The van der Waals surface area contributed by atoms with Gasteiger partial charge in [0, 0.05) is 17.5 Å².